The Kier molecular flexibility index (Phi) is 6.56. The van der Waals surface area contributed by atoms with Crippen molar-refractivity contribution in [2.45, 2.75) is 33.2 Å². The van der Waals surface area contributed by atoms with Gasteiger partial charge in [0, 0.05) is 11.6 Å². The third-order valence-corrected chi connectivity index (χ3v) is 2.78. The molecule has 0 bridgehead atoms. The molecule has 0 aliphatic rings. The third-order valence-electron chi connectivity index (χ3n) is 2.78. The van der Waals surface area contributed by atoms with E-state index in [9.17, 15) is 9.59 Å². The molecule has 0 unspecified atom stereocenters. The number of amides is 1. The minimum Gasteiger partial charge on any atom is -0.490 e. The molecular formula is C15H21NO4. The summed E-state index contributed by atoms with van der Waals surface area (Å²) in [5, 5.41) is 2.81. The number of carbonyl (C=O) groups excluding carboxylic acids is 2. The van der Waals surface area contributed by atoms with Crippen LogP contribution in [0, 0.1) is 0 Å². The predicted octanol–water partition coefficient (Wildman–Crippen LogP) is 2.19. The van der Waals surface area contributed by atoms with Gasteiger partial charge in [0.05, 0.1) is 6.61 Å². The fourth-order valence-corrected chi connectivity index (χ4v) is 1.55. The van der Waals surface area contributed by atoms with Gasteiger partial charge in [0.2, 0.25) is 0 Å². The van der Waals surface area contributed by atoms with Gasteiger partial charge in [-0.15, -0.1) is 0 Å². The van der Waals surface area contributed by atoms with Crippen LogP contribution in [-0.2, 0) is 4.79 Å². The molecule has 1 atom stereocenters. The first kappa shape index (κ1) is 16.0. The quantitative estimate of drug-likeness (QED) is 0.741. The van der Waals surface area contributed by atoms with Gasteiger partial charge >= 0.3 is 0 Å². The Balaban J connectivity index is 2.66. The number of benzene rings is 1. The highest BCUT2D eigenvalue weighted by Crippen LogP contribution is 2.27. The van der Waals surface area contributed by atoms with Gasteiger partial charge in [0.1, 0.15) is 6.29 Å². The van der Waals surface area contributed by atoms with Crippen molar-refractivity contribution in [3.05, 3.63) is 23.8 Å². The lowest BCUT2D eigenvalue weighted by atomic mass is 10.2. The molecule has 110 valence electrons. The zero-order valence-electron chi connectivity index (χ0n) is 12.1. The minimum absolute atomic E-state index is 0.0785. The van der Waals surface area contributed by atoms with Gasteiger partial charge < -0.3 is 14.8 Å². The molecule has 0 saturated heterocycles. The van der Waals surface area contributed by atoms with E-state index in [0.29, 0.717) is 23.7 Å². The van der Waals surface area contributed by atoms with Crippen molar-refractivity contribution >= 4 is 12.2 Å². The Bertz CT molecular complexity index is 459. The van der Waals surface area contributed by atoms with Gasteiger partial charge in [0.15, 0.2) is 18.1 Å². The van der Waals surface area contributed by atoms with Crippen LogP contribution in [0.1, 0.15) is 37.6 Å². The topological polar surface area (TPSA) is 64.6 Å². The third kappa shape index (κ3) is 4.91. The van der Waals surface area contributed by atoms with Crippen LogP contribution in [0.5, 0.6) is 11.5 Å². The second-order valence-corrected chi connectivity index (χ2v) is 4.42. The highest BCUT2D eigenvalue weighted by atomic mass is 16.5. The van der Waals surface area contributed by atoms with Crippen LogP contribution < -0.4 is 14.8 Å². The van der Waals surface area contributed by atoms with Gasteiger partial charge in [-0.3, -0.25) is 9.59 Å². The van der Waals surface area contributed by atoms with Crippen LogP contribution in [0.4, 0.5) is 0 Å². The molecule has 0 aliphatic heterocycles. The maximum atomic E-state index is 11.6. The number of aldehydes is 1. The fraction of sp³-hybridized carbons (Fsp3) is 0.467. The van der Waals surface area contributed by atoms with Crippen LogP contribution in [-0.4, -0.2) is 31.4 Å². The summed E-state index contributed by atoms with van der Waals surface area (Å²) in [5.41, 5.74) is 0.504. The maximum Gasteiger partial charge on any atom is 0.258 e. The van der Waals surface area contributed by atoms with E-state index < -0.39 is 0 Å². The van der Waals surface area contributed by atoms with E-state index in [4.69, 9.17) is 9.47 Å². The van der Waals surface area contributed by atoms with E-state index in [2.05, 4.69) is 5.32 Å². The van der Waals surface area contributed by atoms with Crippen molar-refractivity contribution in [3.63, 3.8) is 0 Å². The van der Waals surface area contributed by atoms with Crippen molar-refractivity contribution in [1.82, 2.24) is 5.32 Å². The zero-order chi connectivity index (χ0) is 15.0. The van der Waals surface area contributed by atoms with E-state index >= 15 is 0 Å². The SMILES string of the molecule is CCOc1cc(C=O)ccc1OCC(=O)N[C@@H](C)CC. The molecule has 1 aromatic carbocycles. The van der Waals surface area contributed by atoms with Crippen LogP contribution in [0.2, 0.25) is 0 Å². The van der Waals surface area contributed by atoms with Crippen molar-refractivity contribution < 1.29 is 19.1 Å². The molecule has 5 heteroatoms. The number of ether oxygens (including phenoxy) is 2. The van der Waals surface area contributed by atoms with Gasteiger partial charge in [-0.1, -0.05) is 6.92 Å². The number of carbonyl (C=O) groups is 2. The average Bonchev–Trinajstić information content (AvgIpc) is 2.46. The lowest BCUT2D eigenvalue weighted by Gasteiger charge is -2.14. The maximum absolute atomic E-state index is 11.6. The summed E-state index contributed by atoms with van der Waals surface area (Å²) in [7, 11) is 0. The van der Waals surface area contributed by atoms with E-state index in [0.717, 1.165) is 12.7 Å². The Morgan fingerprint density at radius 1 is 1.30 bits per heavy atom. The Hall–Kier alpha value is -2.04. The summed E-state index contributed by atoms with van der Waals surface area (Å²) in [6, 6.07) is 4.97. The highest BCUT2D eigenvalue weighted by molar-refractivity contribution is 5.78. The molecule has 1 aromatic rings. The minimum atomic E-state index is -0.179. The Morgan fingerprint density at radius 3 is 2.65 bits per heavy atom. The Morgan fingerprint density at radius 2 is 2.05 bits per heavy atom. The second kappa shape index (κ2) is 8.19. The first-order valence-electron chi connectivity index (χ1n) is 6.74. The summed E-state index contributed by atoms with van der Waals surface area (Å²) in [4.78, 5) is 22.4. The molecule has 0 spiro atoms. The fourth-order valence-electron chi connectivity index (χ4n) is 1.55. The molecule has 0 radical (unpaired) electrons. The summed E-state index contributed by atoms with van der Waals surface area (Å²) in [6.07, 6.45) is 1.60. The van der Waals surface area contributed by atoms with Crippen molar-refractivity contribution in [3.8, 4) is 11.5 Å². The number of hydrogen-bond donors (Lipinski definition) is 1. The van der Waals surface area contributed by atoms with Crippen LogP contribution >= 0.6 is 0 Å². The molecule has 0 heterocycles. The number of rotatable bonds is 8. The summed E-state index contributed by atoms with van der Waals surface area (Å²) in [6.45, 7) is 6.15. The normalized spacial score (nSPS) is 11.6. The van der Waals surface area contributed by atoms with E-state index in [1.807, 2.05) is 20.8 Å². The smallest absolute Gasteiger partial charge is 0.258 e. The molecule has 1 amide bonds. The van der Waals surface area contributed by atoms with Crippen LogP contribution in [0.25, 0.3) is 0 Å². The van der Waals surface area contributed by atoms with Crippen LogP contribution in [0.15, 0.2) is 18.2 Å². The van der Waals surface area contributed by atoms with Gasteiger partial charge in [-0.2, -0.15) is 0 Å². The molecular weight excluding hydrogens is 258 g/mol. The molecule has 0 aliphatic carbocycles. The van der Waals surface area contributed by atoms with Crippen molar-refractivity contribution in [1.29, 1.82) is 0 Å². The largest absolute Gasteiger partial charge is 0.490 e. The lowest BCUT2D eigenvalue weighted by Crippen LogP contribution is -2.35. The predicted molar refractivity (Wildman–Crippen MR) is 76.4 cm³/mol. The molecule has 0 aromatic heterocycles. The number of hydrogen-bond acceptors (Lipinski definition) is 4. The standard InChI is InChI=1S/C15H21NO4/c1-4-11(3)16-15(18)10-20-13-7-6-12(9-17)8-14(13)19-5-2/h6-9,11H,4-5,10H2,1-3H3,(H,16,18)/t11-/m0/s1. The van der Waals surface area contributed by atoms with Crippen molar-refractivity contribution in [2.75, 3.05) is 13.2 Å². The van der Waals surface area contributed by atoms with Crippen molar-refractivity contribution in [2.24, 2.45) is 0 Å². The summed E-state index contributed by atoms with van der Waals surface area (Å²) >= 11 is 0. The van der Waals surface area contributed by atoms with Gasteiger partial charge in [0.25, 0.3) is 5.91 Å². The first-order valence-corrected chi connectivity index (χ1v) is 6.74. The molecule has 20 heavy (non-hydrogen) atoms. The zero-order valence-corrected chi connectivity index (χ0v) is 12.1. The number of nitrogens with one attached hydrogen (secondary N) is 1. The molecule has 1 N–H and O–H groups in total. The van der Waals surface area contributed by atoms with E-state index in [-0.39, 0.29) is 18.6 Å². The summed E-state index contributed by atoms with van der Waals surface area (Å²) in [5.74, 6) is 0.742. The molecule has 0 saturated carbocycles. The second-order valence-electron chi connectivity index (χ2n) is 4.42. The molecule has 0 fully saturated rings. The van der Waals surface area contributed by atoms with E-state index in [1.165, 1.54) is 0 Å². The first-order chi connectivity index (χ1) is 9.60. The van der Waals surface area contributed by atoms with Crippen LogP contribution in [0.3, 0.4) is 0 Å². The van der Waals surface area contributed by atoms with Gasteiger partial charge in [-0.05, 0) is 38.5 Å². The Labute approximate surface area is 119 Å². The molecule has 5 nitrogen and oxygen atoms in total. The summed E-state index contributed by atoms with van der Waals surface area (Å²) < 4.78 is 10.8. The molecule has 1 rings (SSSR count). The van der Waals surface area contributed by atoms with Gasteiger partial charge in [-0.25, -0.2) is 0 Å². The lowest BCUT2D eigenvalue weighted by molar-refractivity contribution is -0.123. The monoisotopic (exact) mass is 279 g/mol. The highest BCUT2D eigenvalue weighted by Gasteiger charge is 2.10. The average molecular weight is 279 g/mol. The van der Waals surface area contributed by atoms with E-state index in [1.54, 1.807) is 18.2 Å².